The third-order valence-electron chi connectivity index (χ3n) is 6.15. The second kappa shape index (κ2) is 12.4. The summed E-state index contributed by atoms with van der Waals surface area (Å²) in [6, 6.07) is 3.74. The van der Waals surface area contributed by atoms with E-state index in [9.17, 15) is 4.79 Å². The van der Waals surface area contributed by atoms with Crippen LogP contribution in [0, 0.1) is 6.92 Å². The molecular weight excluding hydrogens is 432 g/mol. The van der Waals surface area contributed by atoms with Crippen molar-refractivity contribution in [2.24, 2.45) is 0 Å². The van der Waals surface area contributed by atoms with Crippen molar-refractivity contribution in [1.82, 2.24) is 19.7 Å². The molecule has 2 heterocycles. The molecule has 2 aromatic heterocycles. The van der Waals surface area contributed by atoms with E-state index in [0.29, 0.717) is 46.2 Å². The molecule has 0 aliphatic heterocycles. The molecule has 8 nitrogen and oxygen atoms in total. The molecule has 8 heteroatoms. The number of unbranched alkanes of at least 4 members (excludes halogenated alkanes) is 7. The number of benzene rings is 1. The summed E-state index contributed by atoms with van der Waals surface area (Å²) in [5, 5.41) is 5.18. The predicted molar refractivity (Wildman–Crippen MR) is 134 cm³/mol. The predicted octanol–water partition coefficient (Wildman–Crippen LogP) is 5.19. The number of fused-ring (bicyclic) bond motifs is 1. The van der Waals surface area contributed by atoms with Crippen LogP contribution in [0.5, 0.6) is 17.2 Å². The molecule has 34 heavy (non-hydrogen) atoms. The van der Waals surface area contributed by atoms with Crippen LogP contribution in [0.3, 0.4) is 0 Å². The molecule has 186 valence electrons. The standard InChI is InChI=1S/C26H38N4O4/c1-6-7-8-9-10-11-12-13-14-30-25-23(18(2)29-30)26(31)28-22(27-25)17-19-15-20(32-3)24(34-5)21(16-19)33-4/h15-16H,6-14,17H2,1-5H3,(H,27,28,31). The minimum Gasteiger partial charge on any atom is -0.493 e. The van der Waals surface area contributed by atoms with Gasteiger partial charge in [0.15, 0.2) is 17.1 Å². The molecule has 0 aliphatic rings. The van der Waals surface area contributed by atoms with Gasteiger partial charge in [0, 0.05) is 13.0 Å². The molecule has 0 saturated carbocycles. The van der Waals surface area contributed by atoms with Gasteiger partial charge in [0.1, 0.15) is 11.2 Å². The zero-order valence-electron chi connectivity index (χ0n) is 21.2. The second-order valence-corrected chi connectivity index (χ2v) is 8.71. The second-order valence-electron chi connectivity index (χ2n) is 8.71. The fourth-order valence-electron chi connectivity index (χ4n) is 4.36. The Bertz CT molecular complexity index is 1110. The average Bonchev–Trinajstić information content (AvgIpc) is 3.15. The van der Waals surface area contributed by atoms with E-state index in [1.165, 1.54) is 38.5 Å². The highest BCUT2D eigenvalue weighted by atomic mass is 16.5. The number of hydrogen-bond donors (Lipinski definition) is 1. The summed E-state index contributed by atoms with van der Waals surface area (Å²) < 4.78 is 18.2. The Morgan fingerprint density at radius 1 is 0.912 bits per heavy atom. The van der Waals surface area contributed by atoms with E-state index in [1.54, 1.807) is 21.3 Å². The lowest BCUT2D eigenvalue weighted by molar-refractivity contribution is 0.324. The minimum absolute atomic E-state index is 0.160. The summed E-state index contributed by atoms with van der Waals surface area (Å²) in [6.45, 7) is 4.87. The first kappa shape index (κ1) is 25.6. The molecule has 0 fully saturated rings. The maximum absolute atomic E-state index is 12.9. The zero-order valence-corrected chi connectivity index (χ0v) is 21.2. The molecule has 0 aliphatic carbocycles. The molecule has 0 saturated heterocycles. The number of ether oxygens (including phenoxy) is 3. The van der Waals surface area contributed by atoms with E-state index in [1.807, 2.05) is 23.7 Å². The smallest absolute Gasteiger partial charge is 0.262 e. The van der Waals surface area contributed by atoms with Crippen LogP contribution in [-0.2, 0) is 13.0 Å². The normalized spacial score (nSPS) is 11.2. The number of aryl methyl sites for hydroxylation is 2. The van der Waals surface area contributed by atoms with Crippen LogP contribution >= 0.6 is 0 Å². The molecule has 0 amide bonds. The van der Waals surface area contributed by atoms with Crippen molar-refractivity contribution < 1.29 is 14.2 Å². The summed E-state index contributed by atoms with van der Waals surface area (Å²) in [5.74, 6) is 2.24. The molecule has 0 spiro atoms. The van der Waals surface area contributed by atoms with Crippen LogP contribution in [0.15, 0.2) is 16.9 Å². The van der Waals surface area contributed by atoms with Crippen molar-refractivity contribution in [3.63, 3.8) is 0 Å². The quantitative estimate of drug-likeness (QED) is 0.326. The highest BCUT2D eigenvalue weighted by Gasteiger charge is 2.17. The molecule has 1 N–H and O–H groups in total. The van der Waals surface area contributed by atoms with Gasteiger partial charge < -0.3 is 19.2 Å². The SMILES string of the molecule is CCCCCCCCCCn1nc(C)c2c(=O)[nH]c(Cc3cc(OC)c(OC)c(OC)c3)nc21. The summed E-state index contributed by atoms with van der Waals surface area (Å²) >= 11 is 0. The van der Waals surface area contributed by atoms with Gasteiger partial charge in [-0.1, -0.05) is 51.9 Å². The molecule has 0 unspecified atom stereocenters. The molecule has 3 aromatic rings. The summed E-state index contributed by atoms with van der Waals surface area (Å²) in [6.07, 6.45) is 10.4. The Morgan fingerprint density at radius 2 is 1.53 bits per heavy atom. The van der Waals surface area contributed by atoms with Crippen LogP contribution in [0.25, 0.3) is 11.0 Å². The van der Waals surface area contributed by atoms with Crippen molar-refractivity contribution in [2.75, 3.05) is 21.3 Å². The Morgan fingerprint density at radius 3 is 2.12 bits per heavy atom. The fourth-order valence-corrected chi connectivity index (χ4v) is 4.36. The molecule has 1 aromatic carbocycles. The van der Waals surface area contributed by atoms with E-state index >= 15 is 0 Å². The van der Waals surface area contributed by atoms with Crippen LogP contribution in [-0.4, -0.2) is 41.1 Å². The Balaban J connectivity index is 1.76. The van der Waals surface area contributed by atoms with Gasteiger partial charge in [-0.25, -0.2) is 9.67 Å². The lowest BCUT2D eigenvalue weighted by Crippen LogP contribution is -2.13. The summed E-state index contributed by atoms with van der Waals surface area (Å²) in [7, 11) is 4.74. The number of nitrogens with zero attached hydrogens (tertiary/aromatic N) is 3. The topological polar surface area (TPSA) is 91.3 Å². The first-order chi connectivity index (χ1) is 16.5. The highest BCUT2D eigenvalue weighted by Crippen LogP contribution is 2.38. The van der Waals surface area contributed by atoms with Gasteiger partial charge in [0.05, 0.1) is 27.0 Å². The van der Waals surface area contributed by atoms with Crippen LogP contribution in [0.4, 0.5) is 0 Å². The lowest BCUT2D eigenvalue weighted by Gasteiger charge is -2.14. The average molecular weight is 471 g/mol. The number of H-pyrrole nitrogens is 1. The first-order valence-corrected chi connectivity index (χ1v) is 12.3. The molecular formula is C26H38N4O4. The van der Waals surface area contributed by atoms with Crippen LogP contribution in [0.2, 0.25) is 0 Å². The van der Waals surface area contributed by atoms with Gasteiger partial charge in [0.25, 0.3) is 5.56 Å². The Kier molecular flexibility index (Phi) is 9.36. The lowest BCUT2D eigenvalue weighted by atomic mass is 10.1. The first-order valence-electron chi connectivity index (χ1n) is 12.3. The number of aromatic amines is 1. The number of methoxy groups -OCH3 is 3. The van der Waals surface area contributed by atoms with Crippen LogP contribution < -0.4 is 19.8 Å². The number of nitrogens with one attached hydrogen (secondary N) is 1. The number of aromatic nitrogens is 4. The van der Waals surface area contributed by atoms with Crippen molar-refractivity contribution >= 4 is 11.0 Å². The van der Waals surface area contributed by atoms with Gasteiger partial charge in [-0.3, -0.25) is 4.79 Å². The third kappa shape index (κ3) is 6.10. The van der Waals surface area contributed by atoms with E-state index in [4.69, 9.17) is 19.2 Å². The van der Waals surface area contributed by atoms with E-state index in [2.05, 4.69) is 17.0 Å². The molecule has 0 radical (unpaired) electrons. The molecule has 0 bridgehead atoms. The van der Waals surface area contributed by atoms with Crippen molar-refractivity contribution in [3.05, 3.63) is 39.6 Å². The molecule has 0 atom stereocenters. The van der Waals surface area contributed by atoms with Crippen LogP contribution in [0.1, 0.15) is 75.4 Å². The van der Waals surface area contributed by atoms with Gasteiger partial charge >= 0.3 is 0 Å². The largest absolute Gasteiger partial charge is 0.493 e. The zero-order chi connectivity index (χ0) is 24.5. The maximum Gasteiger partial charge on any atom is 0.262 e. The molecule has 3 rings (SSSR count). The van der Waals surface area contributed by atoms with Crippen molar-refractivity contribution in [1.29, 1.82) is 0 Å². The minimum atomic E-state index is -0.160. The van der Waals surface area contributed by atoms with Crippen molar-refractivity contribution in [3.8, 4) is 17.2 Å². The Hall–Kier alpha value is -3.03. The van der Waals surface area contributed by atoms with Crippen molar-refractivity contribution in [2.45, 2.75) is 78.2 Å². The van der Waals surface area contributed by atoms with Gasteiger partial charge in [-0.2, -0.15) is 5.10 Å². The monoisotopic (exact) mass is 470 g/mol. The third-order valence-corrected chi connectivity index (χ3v) is 6.15. The number of hydrogen-bond acceptors (Lipinski definition) is 6. The van der Waals surface area contributed by atoms with E-state index in [-0.39, 0.29) is 5.56 Å². The van der Waals surface area contributed by atoms with Gasteiger partial charge in [0.2, 0.25) is 5.75 Å². The van der Waals surface area contributed by atoms with E-state index in [0.717, 1.165) is 24.9 Å². The number of rotatable bonds is 14. The maximum atomic E-state index is 12.9. The Labute approximate surface area is 201 Å². The van der Waals surface area contributed by atoms with Gasteiger partial charge in [-0.15, -0.1) is 0 Å². The summed E-state index contributed by atoms with van der Waals surface area (Å²) in [5.41, 5.74) is 2.09. The fraction of sp³-hybridized carbons (Fsp3) is 0.577. The van der Waals surface area contributed by atoms with Gasteiger partial charge in [-0.05, 0) is 31.0 Å². The van der Waals surface area contributed by atoms with E-state index < -0.39 is 0 Å². The highest BCUT2D eigenvalue weighted by molar-refractivity contribution is 5.77. The summed E-state index contributed by atoms with van der Waals surface area (Å²) in [4.78, 5) is 20.6.